The van der Waals surface area contributed by atoms with Crippen LogP contribution in [0.2, 0.25) is 0 Å². The number of anilines is 1. The predicted molar refractivity (Wildman–Crippen MR) is 78.7 cm³/mol. The molecule has 32 heavy (non-hydrogen) atoms. The van der Waals surface area contributed by atoms with Crippen molar-refractivity contribution in [2.45, 2.75) is 24.1 Å². The number of benzene rings is 1. The second kappa shape index (κ2) is 7.71. The first-order valence-electron chi connectivity index (χ1n) is 7.22. The van der Waals surface area contributed by atoms with Gasteiger partial charge in [-0.15, -0.1) is 0 Å². The molecule has 0 saturated heterocycles. The van der Waals surface area contributed by atoms with Crippen molar-refractivity contribution in [1.29, 1.82) is 5.26 Å². The van der Waals surface area contributed by atoms with Crippen molar-refractivity contribution in [2.24, 2.45) is 4.99 Å². The number of hydrogen-bond acceptors (Lipinski definition) is 4. The highest BCUT2D eigenvalue weighted by molar-refractivity contribution is 8.17. The smallest absolute Gasteiger partial charge is 0.330 e. The minimum Gasteiger partial charge on any atom is -0.330 e. The van der Waals surface area contributed by atoms with Crippen molar-refractivity contribution in [3.8, 4) is 6.07 Å². The van der Waals surface area contributed by atoms with Gasteiger partial charge in [-0.3, -0.25) is 0 Å². The Morgan fingerprint density at radius 1 is 0.844 bits per heavy atom. The summed E-state index contributed by atoms with van der Waals surface area (Å²) in [6, 6.07) is 0.685. The molecule has 0 spiro atoms. The van der Waals surface area contributed by atoms with Gasteiger partial charge in [0.2, 0.25) is 5.83 Å². The molecule has 176 valence electrons. The Morgan fingerprint density at radius 2 is 1.28 bits per heavy atom. The summed E-state index contributed by atoms with van der Waals surface area (Å²) in [7, 11) is 0. The van der Waals surface area contributed by atoms with E-state index in [1.807, 2.05) is 4.99 Å². The lowest BCUT2D eigenvalue weighted by atomic mass is 9.97. The van der Waals surface area contributed by atoms with E-state index in [0.717, 1.165) is 5.32 Å². The Morgan fingerprint density at radius 3 is 1.62 bits per heavy atom. The van der Waals surface area contributed by atoms with Gasteiger partial charge < -0.3 is 5.32 Å². The van der Waals surface area contributed by atoms with Gasteiger partial charge in [-0.25, -0.2) is 26.9 Å². The number of alkyl halides is 9. The number of nitrogens with one attached hydrogen (secondary N) is 1. The molecule has 1 heterocycles. The summed E-state index contributed by atoms with van der Waals surface area (Å²) in [4.78, 5) is -1.17. The van der Waals surface area contributed by atoms with Gasteiger partial charge in [0.15, 0.2) is 28.4 Å². The Kier molecular flexibility index (Phi) is 6.15. The van der Waals surface area contributed by atoms with E-state index in [9.17, 15) is 61.5 Å². The third-order valence-electron chi connectivity index (χ3n) is 3.67. The van der Waals surface area contributed by atoms with Gasteiger partial charge in [0.05, 0.1) is 4.91 Å². The number of thioether (sulfide) groups is 1. The lowest BCUT2D eigenvalue weighted by molar-refractivity contribution is -0.280. The summed E-state index contributed by atoms with van der Waals surface area (Å²) in [6.07, 6.45) is -19.9. The molecule has 0 atom stereocenters. The Bertz CT molecular complexity index is 1010. The lowest BCUT2D eigenvalue weighted by Crippen LogP contribution is -2.55. The number of nitriles is 1. The topological polar surface area (TPSA) is 48.2 Å². The van der Waals surface area contributed by atoms with E-state index >= 15 is 0 Å². The number of allylic oxidation sites excluding steroid dienone is 1. The first kappa shape index (κ1) is 25.5. The summed E-state index contributed by atoms with van der Waals surface area (Å²) in [5.74, 6) is -13.8. The largest absolute Gasteiger partial charge is 0.443 e. The van der Waals surface area contributed by atoms with Crippen molar-refractivity contribution in [1.82, 2.24) is 0 Å². The van der Waals surface area contributed by atoms with Gasteiger partial charge >= 0.3 is 18.5 Å². The predicted octanol–water partition coefficient (Wildman–Crippen LogP) is 6.24. The number of nitrogens with zero attached hydrogens (tertiary/aromatic N) is 2. The van der Waals surface area contributed by atoms with E-state index in [2.05, 4.69) is 0 Å². The van der Waals surface area contributed by atoms with Crippen molar-refractivity contribution in [3.63, 3.8) is 0 Å². The normalized spacial score (nSPS) is 18.3. The van der Waals surface area contributed by atoms with Crippen LogP contribution in [-0.2, 0) is 0 Å². The molecule has 0 saturated carbocycles. The molecule has 1 N–H and O–H groups in total. The molecule has 1 aromatic carbocycles. The molecule has 1 aliphatic rings. The van der Waals surface area contributed by atoms with Crippen LogP contribution in [0.5, 0.6) is 0 Å². The number of halogens is 14. The molecule has 0 fully saturated rings. The van der Waals surface area contributed by atoms with Gasteiger partial charge in [-0.1, -0.05) is 11.8 Å². The maximum Gasteiger partial charge on any atom is 0.443 e. The molecular formula is C14HF14N3S. The van der Waals surface area contributed by atoms with E-state index in [4.69, 9.17) is 5.26 Å². The summed E-state index contributed by atoms with van der Waals surface area (Å²) >= 11 is -1.32. The highest BCUT2D eigenvalue weighted by atomic mass is 32.2. The van der Waals surface area contributed by atoms with Crippen LogP contribution in [0.1, 0.15) is 5.56 Å². The van der Waals surface area contributed by atoms with E-state index in [1.54, 1.807) is 0 Å². The van der Waals surface area contributed by atoms with Crippen LogP contribution in [0, 0.1) is 34.6 Å². The average Bonchev–Trinajstić information content (AvgIpc) is 3.03. The first-order chi connectivity index (χ1) is 14.3. The van der Waals surface area contributed by atoms with Crippen molar-refractivity contribution >= 4 is 22.6 Å². The quantitative estimate of drug-likeness (QED) is 0.361. The second-order valence-corrected chi connectivity index (χ2v) is 6.61. The average molecular weight is 509 g/mol. The zero-order chi connectivity index (χ0) is 25.0. The fraction of sp³-hybridized carbons (Fsp3) is 0.286. The molecule has 0 radical (unpaired) electrons. The molecule has 18 heteroatoms. The number of amidine groups is 1. The molecule has 0 unspecified atom stereocenters. The Labute approximate surface area is 170 Å². The molecule has 0 amide bonds. The highest BCUT2D eigenvalue weighted by Gasteiger charge is 2.77. The standard InChI is InChI=1S/C14HF14N3S/c15-3-2(1-29)4(16)6(18)7(5(3)17)30-10-31-11(13(23,24)25,14(26,27)28)9(32-10)8(19)12(20,21)22/h(H,30,31). The van der Waals surface area contributed by atoms with Crippen LogP contribution in [0.15, 0.2) is 15.7 Å². The molecule has 1 aromatic rings. The molecule has 0 bridgehead atoms. The molecule has 0 aliphatic carbocycles. The monoisotopic (exact) mass is 509 g/mol. The van der Waals surface area contributed by atoms with Crippen LogP contribution in [0.3, 0.4) is 0 Å². The maximum absolute atomic E-state index is 13.9. The minimum atomic E-state index is -6.77. The Balaban J connectivity index is 2.81. The van der Waals surface area contributed by atoms with Crippen LogP contribution >= 0.6 is 11.8 Å². The van der Waals surface area contributed by atoms with Gasteiger partial charge in [0.1, 0.15) is 17.3 Å². The summed E-state index contributed by atoms with van der Waals surface area (Å²) in [6.45, 7) is 0. The minimum absolute atomic E-state index is 0.685. The van der Waals surface area contributed by atoms with Crippen LogP contribution in [-0.4, -0.2) is 29.2 Å². The Hall–Kier alpha value is -2.71. The van der Waals surface area contributed by atoms with E-state index < -0.39 is 86.2 Å². The summed E-state index contributed by atoms with van der Waals surface area (Å²) in [5.41, 5.74) is -9.88. The van der Waals surface area contributed by atoms with Crippen molar-refractivity contribution in [2.75, 3.05) is 5.32 Å². The summed E-state index contributed by atoms with van der Waals surface area (Å²) < 4.78 is 186. The van der Waals surface area contributed by atoms with Crippen molar-refractivity contribution in [3.05, 3.63) is 39.6 Å². The fourth-order valence-electron chi connectivity index (χ4n) is 2.27. The number of hydrogen-bond donors (Lipinski definition) is 1. The van der Waals surface area contributed by atoms with Gasteiger partial charge in [-0.05, 0) is 0 Å². The van der Waals surface area contributed by atoms with Crippen LogP contribution in [0.4, 0.5) is 67.2 Å². The number of rotatable bonds is 1. The van der Waals surface area contributed by atoms with Crippen LogP contribution < -0.4 is 5.32 Å². The first-order valence-corrected chi connectivity index (χ1v) is 8.04. The molecule has 3 nitrogen and oxygen atoms in total. The van der Waals surface area contributed by atoms with Gasteiger partial charge in [0, 0.05) is 0 Å². The zero-order valence-electron chi connectivity index (χ0n) is 14.1. The third-order valence-corrected chi connectivity index (χ3v) is 4.74. The molecule has 2 rings (SSSR count). The molecular weight excluding hydrogens is 508 g/mol. The number of aliphatic imine (C=N–C) groups is 1. The summed E-state index contributed by atoms with van der Waals surface area (Å²) in [5, 5.41) is 7.33. The van der Waals surface area contributed by atoms with Gasteiger partial charge in [0.25, 0.3) is 5.54 Å². The zero-order valence-corrected chi connectivity index (χ0v) is 14.9. The van der Waals surface area contributed by atoms with E-state index in [1.165, 1.54) is 0 Å². The van der Waals surface area contributed by atoms with Gasteiger partial charge in [-0.2, -0.15) is 44.8 Å². The lowest BCUT2D eigenvalue weighted by Gasteiger charge is -2.31. The van der Waals surface area contributed by atoms with Crippen molar-refractivity contribution < 1.29 is 61.5 Å². The maximum atomic E-state index is 13.9. The fourth-order valence-corrected chi connectivity index (χ4v) is 3.43. The SMILES string of the molecule is N#Cc1c(F)c(F)c(NC2=NC(C(F)(F)F)(C(F)(F)F)C(=C(F)C(F)(F)F)S2)c(F)c1F. The third kappa shape index (κ3) is 3.82. The molecule has 0 aromatic heterocycles. The van der Waals surface area contributed by atoms with E-state index in [-0.39, 0.29) is 0 Å². The highest BCUT2D eigenvalue weighted by Crippen LogP contribution is 2.59. The van der Waals surface area contributed by atoms with E-state index in [0.29, 0.717) is 6.07 Å². The molecule has 1 aliphatic heterocycles. The second-order valence-electron chi connectivity index (χ2n) is 5.61. The van der Waals surface area contributed by atoms with Crippen LogP contribution in [0.25, 0.3) is 0 Å².